The van der Waals surface area contributed by atoms with Gasteiger partial charge in [-0.2, -0.15) is 0 Å². The molecule has 0 aliphatic rings. The fraction of sp³-hybridized carbons (Fsp3) is 0.214. The highest BCUT2D eigenvalue weighted by Gasteiger charge is 2.14. The first-order chi connectivity index (χ1) is 10.2. The van der Waals surface area contributed by atoms with Crippen LogP contribution in [0.1, 0.15) is 10.4 Å². The Balaban J connectivity index is 1.97. The molecule has 4 N–H and O–H groups in total. The van der Waals surface area contributed by atoms with Crippen LogP contribution in [0.5, 0.6) is 0 Å². The van der Waals surface area contributed by atoms with Crippen LogP contribution in [0.2, 0.25) is 0 Å². The van der Waals surface area contributed by atoms with Crippen molar-refractivity contribution in [2.24, 2.45) is 5.73 Å². The van der Waals surface area contributed by atoms with Crippen LogP contribution in [0.4, 0.5) is 5.82 Å². The number of nitrogens with zero attached hydrogens (tertiary/aromatic N) is 4. The first kappa shape index (κ1) is 13.3. The van der Waals surface area contributed by atoms with E-state index in [-0.39, 0.29) is 12.5 Å². The van der Waals surface area contributed by atoms with Crippen LogP contribution < -0.4 is 11.5 Å². The second kappa shape index (κ2) is 5.37. The maximum atomic E-state index is 12.5. The minimum absolute atomic E-state index is 0.0882. The summed E-state index contributed by atoms with van der Waals surface area (Å²) in [7, 11) is 0. The lowest BCUT2D eigenvalue weighted by Gasteiger charge is -2.03. The summed E-state index contributed by atoms with van der Waals surface area (Å²) in [6, 6.07) is 7.78. The minimum Gasteiger partial charge on any atom is -0.381 e. The van der Waals surface area contributed by atoms with Crippen LogP contribution in [-0.2, 0) is 13.0 Å². The summed E-state index contributed by atoms with van der Waals surface area (Å²) in [5.41, 5.74) is 13.1. The third-order valence-electron chi connectivity index (χ3n) is 3.33. The van der Waals surface area contributed by atoms with Crippen LogP contribution in [0.3, 0.4) is 0 Å². The number of hydrogen-bond acceptors (Lipinski definition) is 5. The SMILES string of the molecule is NCCc1cn(C(=O)Cn2cc(N)nn2)c2ccccc12. The molecule has 0 atom stereocenters. The number of carbonyl (C=O) groups is 1. The van der Waals surface area contributed by atoms with Gasteiger partial charge < -0.3 is 11.5 Å². The molecule has 0 saturated carbocycles. The number of nitrogen functional groups attached to an aromatic ring is 1. The first-order valence-corrected chi connectivity index (χ1v) is 6.67. The van der Waals surface area contributed by atoms with Gasteiger partial charge in [-0.1, -0.05) is 23.4 Å². The van der Waals surface area contributed by atoms with Crippen molar-refractivity contribution >= 4 is 22.6 Å². The standard InChI is InChI=1S/C14H16N6O/c15-6-5-10-7-20(12-4-2-1-3-11(10)12)14(21)9-19-8-13(16)17-18-19/h1-4,7-8H,5-6,9,15-16H2. The van der Waals surface area contributed by atoms with Gasteiger partial charge in [-0.25, -0.2) is 4.68 Å². The van der Waals surface area contributed by atoms with Crippen LogP contribution in [0, 0.1) is 0 Å². The van der Waals surface area contributed by atoms with E-state index in [0.717, 1.165) is 22.9 Å². The first-order valence-electron chi connectivity index (χ1n) is 6.67. The topological polar surface area (TPSA) is 105 Å². The summed E-state index contributed by atoms with van der Waals surface area (Å²) < 4.78 is 3.06. The third kappa shape index (κ3) is 2.50. The number of carbonyl (C=O) groups excluding carboxylic acids is 1. The Hall–Kier alpha value is -2.67. The fourth-order valence-corrected chi connectivity index (χ4v) is 2.42. The van der Waals surface area contributed by atoms with Gasteiger partial charge in [0.05, 0.1) is 11.7 Å². The quantitative estimate of drug-likeness (QED) is 0.732. The highest BCUT2D eigenvalue weighted by Crippen LogP contribution is 2.21. The van der Waals surface area contributed by atoms with Crippen molar-refractivity contribution in [3.8, 4) is 0 Å². The molecule has 0 aliphatic heterocycles. The van der Waals surface area contributed by atoms with Gasteiger partial charge in [-0.3, -0.25) is 9.36 Å². The molecule has 1 aromatic carbocycles. The second-order valence-electron chi connectivity index (χ2n) is 4.81. The average molecular weight is 284 g/mol. The second-order valence-corrected chi connectivity index (χ2v) is 4.81. The van der Waals surface area contributed by atoms with Crippen molar-refractivity contribution in [1.82, 2.24) is 19.6 Å². The van der Waals surface area contributed by atoms with Crippen molar-refractivity contribution < 1.29 is 4.79 Å². The maximum absolute atomic E-state index is 12.5. The molecule has 0 amide bonds. The number of para-hydroxylation sites is 1. The van der Waals surface area contributed by atoms with E-state index in [1.54, 1.807) is 4.57 Å². The van der Waals surface area contributed by atoms with Gasteiger partial charge in [-0.05, 0) is 24.6 Å². The molecule has 3 rings (SSSR count). The van der Waals surface area contributed by atoms with Gasteiger partial charge in [0.1, 0.15) is 6.54 Å². The predicted octanol–water partition coefficient (Wildman–Crippen LogP) is 0.657. The molecule has 2 heterocycles. The van der Waals surface area contributed by atoms with Gasteiger partial charge >= 0.3 is 0 Å². The van der Waals surface area contributed by atoms with Gasteiger partial charge in [-0.15, -0.1) is 5.10 Å². The zero-order valence-electron chi connectivity index (χ0n) is 11.4. The number of benzene rings is 1. The summed E-state index contributed by atoms with van der Waals surface area (Å²) in [6.07, 6.45) is 4.11. The van der Waals surface area contributed by atoms with Crippen molar-refractivity contribution in [2.75, 3.05) is 12.3 Å². The predicted molar refractivity (Wildman–Crippen MR) is 79.8 cm³/mol. The molecule has 0 radical (unpaired) electrons. The molecule has 108 valence electrons. The number of aromatic nitrogens is 4. The smallest absolute Gasteiger partial charge is 0.252 e. The van der Waals surface area contributed by atoms with E-state index in [9.17, 15) is 4.79 Å². The molecule has 21 heavy (non-hydrogen) atoms. The van der Waals surface area contributed by atoms with Crippen LogP contribution in [-0.4, -0.2) is 32.0 Å². The van der Waals surface area contributed by atoms with E-state index < -0.39 is 0 Å². The molecule has 0 bridgehead atoms. The molecule has 2 aromatic heterocycles. The Labute approximate surface area is 121 Å². The Morgan fingerprint density at radius 1 is 1.24 bits per heavy atom. The van der Waals surface area contributed by atoms with Crippen molar-refractivity contribution in [2.45, 2.75) is 13.0 Å². The highest BCUT2D eigenvalue weighted by atomic mass is 16.2. The average Bonchev–Trinajstić information content (AvgIpc) is 3.04. The number of hydrogen-bond donors (Lipinski definition) is 2. The zero-order valence-corrected chi connectivity index (χ0v) is 11.4. The van der Waals surface area contributed by atoms with Gasteiger partial charge in [0.15, 0.2) is 5.82 Å². The Kier molecular flexibility index (Phi) is 3.41. The largest absolute Gasteiger partial charge is 0.381 e. The molecule has 0 fully saturated rings. The van der Waals surface area contributed by atoms with E-state index in [2.05, 4.69) is 10.3 Å². The number of rotatable bonds is 4. The molecular formula is C14H16N6O. The molecule has 0 saturated heterocycles. The van der Waals surface area contributed by atoms with Crippen molar-refractivity contribution in [1.29, 1.82) is 0 Å². The van der Waals surface area contributed by atoms with Crippen LogP contribution >= 0.6 is 0 Å². The molecule has 0 spiro atoms. The van der Waals surface area contributed by atoms with Crippen molar-refractivity contribution in [3.63, 3.8) is 0 Å². The third-order valence-corrected chi connectivity index (χ3v) is 3.33. The van der Waals surface area contributed by atoms with Crippen LogP contribution in [0.25, 0.3) is 10.9 Å². The molecule has 7 heteroatoms. The summed E-state index contributed by atoms with van der Waals surface area (Å²) in [4.78, 5) is 12.5. The summed E-state index contributed by atoms with van der Waals surface area (Å²) in [5, 5.41) is 8.52. The van der Waals surface area contributed by atoms with Gasteiger partial charge in [0.2, 0.25) is 0 Å². The van der Waals surface area contributed by atoms with E-state index >= 15 is 0 Å². The Morgan fingerprint density at radius 3 is 2.76 bits per heavy atom. The molecular weight excluding hydrogens is 268 g/mol. The zero-order chi connectivity index (χ0) is 14.8. The summed E-state index contributed by atoms with van der Waals surface area (Å²) in [5.74, 6) is 0.198. The normalized spacial score (nSPS) is 11.1. The van der Waals surface area contributed by atoms with Crippen LogP contribution in [0.15, 0.2) is 36.7 Å². The van der Waals surface area contributed by atoms with E-state index in [1.165, 1.54) is 10.9 Å². The molecule has 0 unspecified atom stereocenters. The number of fused-ring (bicyclic) bond motifs is 1. The van der Waals surface area contributed by atoms with E-state index in [1.807, 2.05) is 30.5 Å². The van der Waals surface area contributed by atoms with E-state index in [4.69, 9.17) is 11.5 Å². The lowest BCUT2D eigenvalue weighted by Crippen LogP contribution is -2.17. The molecule has 7 nitrogen and oxygen atoms in total. The fourth-order valence-electron chi connectivity index (χ4n) is 2.42. The maximum Gasteiger partial charge on any atom is 0.252 e. The van der Waals surface area contributed by atoms with Gasteiger partial charge in [0, 0.05) is 11.6 Å². The minimum atomic E-state index is -0.0978. The molecule has 0 aliphatic carbocycles. The summed E-state index contributed by atoms with van der Waals surface area (Å²) in [6.45, 7) is 0.632. The van der Waals surface area contributed by atoms with Crippen molar-refractivity contribution in [3.05, 3.63) is 42.2 Å². The number of nitrogens with two attached hydrogens (primary N) is 2. The highest BCUT2D eigenvalue weighted by molar-refractivity contribution is 5.94. The van der Waals surface area contributed by atoms with Gasteiger partial charge in [0.25, 0.3) is 5.91 Å². The monoisotopic (exact) mass is 284 g/mol. The Morgan fingerprint density at radius 2 is 2.05 bits per heavy atom. The lowest BCUT2D eigenvalue weighted by atomic mass is 10.1. The number of anilines is 1. The molecule has 3 aromatic rings. The summed E-state index contributed by atoms with van der Waals surface area (Å²) >= 11 is 0. The van der Waals surface area contributed by atoms with E-state index in [0.29, 0.717) is 12.4 Å². The Bertz CT molecular complexity index is 788. The lowest BCUT2D eigenvalue weighted by molar-refractivity contribution is 0.0891.